The fourth-order valence-corrected chi connectivity index (χ4v) is 2.74. The first kappa shape index (κ1) is 20.6. The van der Waals surface area contributed by atoms with E-state index < -0.39 is 17.6 Å². The van der Waals surface area contributed by atoms with Gasteiger partial charge in [-0.3, -0.25) is 9.59 Å². The number of carbonyl (C=O) groups excluding carboxylic acids is 2. The van der Waals surface area contributed by atoms with E-state index in [1.165, 1.54) is 24.4 Å². The summed E-state index contributed by atoms with van der Waals surface area (Å²) in [5, 5.41) is 7.13. The average Bonchev–Trinajstić information content (AvgIpc) is 3.16. The molecule has 0 radical (unpaired) electrons. The van der Waals surface area contributed by atoms with Crippen LogP contribution in [0.2, 0.25) is 10.0 Å². The second kappa shape index (κ2) is 9.36. The van der Waals surface area contributed by atoms with Crippen LogP contribution in [0, 0.1) is 5.82 Å². The van der Waals surface area contributed by atoms with Crippen LogP contribution in [0.25, 0.3) is 11.3 Å². The Balaban J connectivity index is 1.52. The van der Waals surface area contributed by atoms with Gasteiger partial charge in [0.1, 0.15) is 17.3 Å². The molecule has 3 aromatic rings. The summed E-state index contributed by atoms with van der Waals surface area (Å²) in [7, 11) is 0. The maximum atomic E-state index is 13.1. The first-order chi connectivity index (χ1) is 13.9. The van der Waals surface area contributed by atoms with Crippen LogP contribution in [0.4, 0.5) is 4.39 Å². The van der Waals surface area contributed by atoms with Crippen LogP contribution < -0.4 is 10.7 Å². The van der Waals surface area contributed by atoms with Crippen molar-refractivity contribution >= 4 is 41.2 Å². The van der Waals surface area contributed by atoms with E-state index in [2.05, 4.69) is 15.8 Å². The monoisotopic (exact) mass is 433 g/mol. The third-order valence-electron chi connectivity index (χ3n) is 3.70. The van der Waals surface area contributed by atoms with Crippen molar-refractivity contribution in [1.29, 1.82) is 0 Å². The lowest BCUT2D eigenvalue weighted by molar-refractivity contribution is -0.120. The molecule has 0 aliphatic heterocycles. The number of benzene rings is 2. The first-order valence-corrected chi connectivity index (χ1v) is 9.09. The van der Waals surface area contributed by atoms with Gasteiger partial charge in [-0.05, 0) is 48.5 Å². The average molecular weight is 434 g/mol. The minimum absolute atomic E-state index is 0.115. The first-order valence-electron chi connectivity index (χ1n) is 8.33. The Bertz CT molecular complexity index is 1080. The molecule has 6 nitrogen and oxygen atoms in total. The number of nitrogens with zero attached hydrogens (tertiary/aromatic N) is 1. The van der Waals surface area contributed by atoms with Crippen molar-refractivity contribution < 1.29 is 18.4 Å². The predicted molar refractivity (Wildman–Crippen MR) is 109 cm³/mol. The van der Waals surface area contributed by atoms with Crippen LogP contribution in [-0.2, 0) is 4.79 Å². The SMILES string of the molecule is O=C(CNC(=O)c1cccc(F)c1)N/N=C/c1ccc(-c2cc(Cl)ccc2Cl)o1. The van der Waals surface area contributed by atoms with Crippen LogP contribution in [-0.4, -0.2) is 24.6 Å². The molecule has 0 atom stereocenters. The molecule has 0 spiro atoms. The molecule has 0 aliphatic rings. The lowest BCUT2D eigenvalue weighted by Gasteiger charge is -2.04. The molecule has 9 heteroatoms. The van der Waals surface area contributed by atoms with Gasteiger partial charge in [-0.2, -0.15) is 5.10 Å². The lowest BCUT2D eigenvalue weighted by atomic mass is 10.2. The van der Waals surface area contributed by atoms with Crippen molar-refractivity contribution in [3.05, 3.63) is 81.8 Å². The molecule has 0 saturated carbocycles. The number of hydrogen-bond acceptors (Lipinski definition) is 4. The van der Waals surface area contributed by atoms with Gasteiger partial charge < -0.3 is 9.73 Å². The molecule has 2 N–H and O–H groups in total. The molecular formula is C20H14Cl2FN3O3. The minimum Gasteiger partial charge on any atom is -0.455 e. The van der Waals surface area contributed by atoms with Gasteiger partial charge in [0.05, 0.1) is 17.8 Å². The second-order valence-electron chi connectivity index (χ2n) is 5.81. The molecule has 3 rings (SSSR count). The Labute approximate surface area is 175 Å². The summed E-state index contributed by atoms with van der Waals surface area (Å²) in [5.41, 5.74) is 3.00. The van der Waals surface area contributed by atoms with Crippen molar-refractivity contribution in [2.75, 3.05) is 6.54 Å². The molecule has 0 saturated heterocycles. The molecule has 0 fully saturated rings. The van der Waals surface area contributed by atoms with E-state index >= 15 is 0 Å². The summed E-state index contributed by atoms with van der Waals surface area (Å²) in [6.45, 7) is -0.325. The van der Waals surface area contributed by atoms with Crippen LogP contribution in [0.3, 0.4) is 0 Å². The molecule has 29 heavy (non-hydrogen) atoms. The number of amides is 2. The van der Waals surface area contributed by atoms with Crippen LogP contribution in [0.5, 0.6) is 0 Å². The normalized spacial score (nSPS) is 10.9. The highest BCUT2D eigenvalue weighted by molar-refractivity contribution is 6.35. The van der Waals surface area contributed by atoms with Gasteiger partial charge in [-0.25, -0.2) is 9.82 Å². The number of furan rings is 1. The fraction of sp³-hybridized carbons (Fsp3) is 0.0500. The Kier molecular flexibility index (Phi) is 6.64. The van der Waals surface area contributed by atoms with Gasteiger partial charge >= 0.3 is 0 Å². The maximum Gasteiger partial charge on any atom is 0.259 e. The topological polar surface area (TPSA) is 83.7 Å². The maximum absolute atomic E-state index is 13.1. The van der Waals surface area contributed by atoms with Crippen molar-refractivity contribution in [1.82, 2.24) is 10.7 Å². The highest BCUT2D eigenvalue weighted by Crippen LogP contribution is 2.31. The predicted octanol–water partition coefficient (Wildman–Crippen LogP) is 4.27. The van der Waals surface area contributed by atoms with Crippen molar-refractivity contribution in [2.45, 2.75) is 0 Å². The smallest absolute Gasteiger partial charge is 0.259 e. The zero-order chi connectivity index (χ0) is 20.8. The molecule has 0 unspecified atom stereocenters. The summed E-state index contributed by atoms with van der Waals surface area (Å²) < 4.78 is 18.7. The van der Waals surface area contributed by atoms with E-state index in [1.807, 2.05) is 0 Å². The quantitative estimate of drug-likeness (QED) is 0.449. The molecular weight excluding hydrogens is 420 g/mol. The van der Waals surface area contributed by atoms with Crippen LogP contribution in [0.15, 0.2) is 64.1 Å². The van der Waals surface area contributed by atoms with Gasteiger partial charge in [0.15, 0.2) is 0 Å². The summed E-state index contributed by atoms with van der Waals surface area (Å²) in [6, 6.07) is 13.5. The third-order valence-corrected chi connectivity index (χ3v) is 4.26. The van der Waals surface area contributed by atoms with Crippen LogP contribution >= 0.6 is 23.2 Å². The van der Waals surface area contributed by atoms with E-state index in [-0.39, 0.29) is 12.1 Å². The summed E-state index contributed by atoms with van der Waals surface area (Å²) in [5.74, 6) is -0.801. The standard InChI is InChI=1S/C20H14Cl2FN3O3/c21-13-4-6-17(22)16(9-13)18-7-5-15(29-18)10-25-26-19(27)11-24-20(28)12-2-1-3-14(23)8-12/h1-10H,11H2,(H,24,28)(H,26,27)/b25-10+. The number of hydrazone groups is 1. The Morgan fingerprint density at radius 2 is 1.93 bits per heavy atom. The van der Waals surface area contributed by atoms with E-state index in [1.54, 1.807) is 30.3 Å². The third kappa shape index (κ3) is 5.66. The minimum atomic E-state index is -0.572. The van der Waals surface area contributed by atoms with Gasteiger partial charge in [-0.1, -0.05) is 29.3 Å². The fourth-order valence-electron chi connectivity index (χ4n) is 2.35. The van der Waals surface area contributed by atoms with Gasteiger partial charge in [-0.15, -0.1) is 0 Å². The number of hydrogen-bond donors (Lipinski definition) is 2. The van der Waals surface area contributed by atoms with Crippen molar-refractivity contribution in [3.8, 4) is 11.3 Å². The van der Waals surface area contributed by atoms with Gasteiger partial charge in [0, 0.05) is 16.1 Å². The van der Waals surface area contributed by atoms with E-state index in [0.29, 0.717) is 27.1 Å². The zero-order valence-electron chi connectivity index (χ0n) is 14.8. The summed E-state index contributed by atoms with van der Waals surface area (Å²) in [4.78, 5) is 23.6. The summed E-state index contributed by atoms with van der Waals surface area (Å²) in [6.07, 6.45) is 1.30. The summed E-state index contributed by atoms with van der Waals surface area (Å²) >= 11 is 12.1. The Morgan fingerprint density at radius 3 is 2.72 bits per heavy atom. The van der Waals surface area contributed by atoms with Crippen LogP contribution in [0.1, 0.15) is 16.1 Å². The number of carbonyl (C=O) groups is 2. The highest BCUT2D eigenvalue weighted by atomic mass is 35.5. The molecule has 0 aliphatic carbocycles. The van der Waals surface area contributed by atoms with Gasteiger partial charge in [0.25, 0.3) is 11.8 Å². The zero-order valence-corrected chi connectivity index (χ0v) is 16.3. The highest BCUT2D eigenvalue weighted by Gasteiger charge is 2.10. The largest absolute Gasteiger partial charge is 0.455 e. The molecule has 2 amide bonds. The molecule has 2 aromatic carbocycles. The molecule has 148 valence electrons. The van der Waals surface area contributed by atoms with E-state index in [9.17, 15) is 14.0 Å². The number of halogens is 3. The van der Waals surface area contributed by atoms with Gasteiger partial charge in [0.2, 0.25) is 0 Å². The molecule has 0 bridgehead atoms. The van der Waals surface area contributed by atoms with Crippen molar-refractivity contribution in [2.24, 2.45) is 5.10 Å². The van der Waals surface area contributed by atoms with E-state index in [4.69, 9.17) is 27.6 Å². The second-order valence-corrected chi connectivity index (χ2v) is 6.66. The number of nitrogens with one attached hydrogen (secondary N) is 2. The molecule has 1 aromatic heterocycles. The Hall–Kier alpha value is -3.16. The number of rotatable bonds is 6. The molecule has 1 heterocycles. The lowest BCUT2D eigenvalue weighted by Crippen LogP contribution is -2.34. The van der Waals surface area contributed by atoms with Crippen molar-refractivity contribution in [3.63, 3.8) is 0 Å². The Morgan fingerprint density at radius 1 is 1.10 bits per heavy atom. The van der Waals surface area contributed by atoms with E-state index in [0.717, 1.165) is 6.07 Å².